The van der Waals surface area contributed by atoms with E-state index in [4.69, 9.17) is 4.74 Å². The first-order chi connectivity index (χ1) is 13.9. The number of carbonyl (C=O) groups excluding carboxylic acids is 1. The summed E-state index contributed by atoms with van der Waals surface area (Å²) in [5.74, 6) is 2.01. The number of hydrogen-bond acceptors (Lipinski definition) is 3. The lowest BCUT2D eigenvalue weighted by Crippen LogP contribution is -2.50. The molecule has 1 spiro atoms. The molecule has 1 aliphatic heterocycles. The van der Waals surface area contributed by atoms with Gasteiger partial charge in [0.25, 0.3) is 0 Å². The van der Waals surface area contributed by atoms with Gasteiger partial charge in [0.2, 0.25) is 0 Å². The summed E-state index contributed by atoms with van der Waals surface area (Å²) >= 11 is 0. The Hall–Kier alpha value is -1.45. The van der Waals surface area contributed by atoms with E-state index in [0.29, 0.717) is 23.5 Å². The van der Waals surface area contributed by atoms with E-state index in [1.165, 1.54) is 5.57 Å². The number of hydrogen-bond donors (Lipinski definition) is 1. The van der Waals surface area contributed by atoms with E-state index < -0.39 is 5.60 Å². The number of benzene rings is 1. The molecule has 3 heteroatoms. The number of aliphatic hydroxyl groups is 1. The van der Waals surface area contributed by atoms with Gasteiger partial charge in [-0.2, -0.15) is 0 Å². The molecule has 8 atom stereocenters. The fourth-order valence-corrected chi connectivity index (χ4v) is 7.99. The fraction of sp³-hybridized carbons (Fsp3) is 0.654. The van der Waals surface area contributed by atoms with Gasteiger partial charge in [0.15, 0.2) is 11.4 Å². The number of carbonyl (C=O) groups is 1. The SMILES string of the molecule is C[C@]12CC[C@H](O)CC1=CC[C@@H]1[C@@H]2CC[C@]2(C)C(=O)[C@]3(C[C@@H]12)OC3c1ccccc1. The lowest BCUT2D eigenvalue weighted by atomic mass is 9.48. The summed E-state index contributed by atoms with van der Waals surface area (Å²) in [7, 11) is 0. The number of allylic oxidation sites excluding steroid dienone is 1. The summed E-state index contributed by atoms with van der Waals surface area (Å²) < 4.78 is 6.25. The second kappa shape index (κ2) is 5.82. The zero-order valence-corrected chi connectivity index (χ0v) is 17.6. The van der Waals surface area contributed by atoms with Gasteiger partial charge >= 0.3 is 0 Å². The molecule has 29 heavy (non-hydrogen) atoms. The van der Waals surface area contributed by atoms with E-state index in [1.54, 1.807) is 0 Å². The molecule has 0 aromatic heterocycles. The fourth-order valence-electron chi connectivity index (χ4n) is 7.99. The molecule has 3 saturated carbocycles. The van der Waals surface area contributed by atoms with Gasteiger partial charge in [-0.05, 0) is 73.7 Å². The Labute approximate surface area is 173 Å². The van der Waals surface area contributed by atoms with Crippen LogP contribution >= 0.6 is 0 Å². The molecular formula is C26H32O3. The largest absolute Gasteiger partial charge is 0.393 e. The number of Topliss-reactive ketones (excluding diaryl/α,β-unsaturated/α-hetero) is 1. The van der Waals surface area contributed by atoms with Gasteiger partial charge in [-0.25, -0.2) is 0 Å². The average molecular weight is 393 g/mol. The highest BCUT2D eigenvalue weighted by Gasteiger charge is 2.75. The Balaban J connectivity index is 1.34. The van der Waals surface area contributed by atoms with Crippen molar-refractivity contribution in [2.45, 2.75) is 76.6 Å². The first-order valence-electron chi connectivity index (χ1n) is 11.5. The molecule has 1 N–H and O–H groups in total. The van der Waals surface area contributed by atoms with Crippen molar-refractivity contribution in [3.05, 3.63) is 47.5 Å². The summed E-state index contributed by atoms with van der Waals surface area (Å²) in [6.07, 6.45) is 9.18. The third-order valence-electron chi connectivity index (χ3n) is 9.69. The summed E-state index contributed by atoms with van der Waals surface area (Å²) in [5.41, 5.74) is 2.05. The molecule has 0 radical (unpaired) electrons. The zero-order chi connectivity index (χ0) is 20.0. The topological polar surface area (TPSA) is 49.8 Å². The smallest absolute Gasteiger partial charge is 0.173 e. The van der Waals surface area contributed by atoms with Crippen LogP contribution in [0.1, 0.15) is 70.5 Å². The predicted octanol–water partition coefficient (Wildman–Crippen LogP) is 5.00. The third-order valence-corrected chi connectivity index (χ3v) is 9.69. The Kier molecular flexibility index (Phi) is 3.68. The molecular weight excluding hydrogens is 360 g/mol. The summed E-state index contributed by atoms with van der Waals surface area (Å²) in [5, 5.41) is 10.2. The van der Waals surface area contributed by atoms with Crippen molar-refractivity contribution in [2.24, 2.45) is 28.6 Å². The predicted molar refractivity (Wildman–Crippen MR) is 111 cm³/mol. The van der Waals surface area contributed by atoms with Crippen LogP contribution in [0.25, 0.3) is 0 Å². The van der Waals surface area contributed by atoms with E-state index in [1.807, 2.05) is 18.2 Å². The summed E-state index contributed by atoms with van der Waals surface area (Å²) in [6.45, 7) is 4.68. The molecule has 154 valence electrons. The quantitative estimate of drug-likeness (QED) is 0.540. The molecule has 1 saturated heterocycles. The Morgan fingerprint density at radius 3 is 2.59 bits per heavy atom. The highest BCUT2D eigenvalue weighted by molar-refractivity contribution is 5.98. The number of fused-ring (bicyclic) bond motifs is 5. The molecule has 1 aromatic carbocycles. The molecule has 1 aromatic rings. The maximum Gasteiger partial charge on any atom is 0.173 e. The Morgan fingerprint density at radius 2 is 1.79 bits per heavy atom. The van der Waals surface area contributed by atoms with Crippen molar-refractivity contribution < 1.29 is 14.6 Å². The van der Waals surface area contributed by atoms with Crippen LogP contribution in [0.2, 0.25) is 0 Å². The van der Waals surface area contributed by atoms with Gasteiger partial charge in [0.05, 0.1) is 6.10 Å². The van der Waals surface area contributed by atoms with Gasteiger partial charge in [-0.1, -0.05) is 55.8 Å². The maximum atomic E-state index is 13.7. The standard InChI is InChI=1S/C26H32O3/c1-24-12-10-18(27)14-17(24)8-9-19-20(24)11-13-25(2)21(19)15-26(23(25)28)22(29-26)16-6-4-3-5-7-16/h3-8,18-22,27H,9-15H2,1-2H3/t18-,19+,20-,21-,22?,24-,25-,26+/m0/s1. The highest BCUT2D eigenvalue weighted by atomic mass is 16.6. The van der Waals surface area contributed by atoms with E-state index in [-0.39, 0.29) is 23.0 Å². The monoisotopic (exact) mass is 392 g/mol. The van der Waals surface area contributed by atoms with Crippen molar-refractivity contribution in [2.75, 3.05) is 0 Å². The van der Waals surface area contributed by atoms with E-state index in [0.717, 1.165) is 50.5 Å². The van der Waals surface area contributed by atoms with Crippen LogP contribution in [0.15, 0.2) is 42.0 Å². The Morgan fingerprint density at radius 1 is 1.03 bits per heavy atom. The van der Waals surface area contributed by atoms with Gasteiger partial charge in [-0.15, -0.1) is 0 Å². The Bertz CT molecular complexity index is 890. The average Bonchev–Trinajstić information content (AvgIpc) is 3.40. The minimum absolute atomic E-state index is 0.0489. The molecule has 1 heterocycles. The molecule has 6 rings (SSSR count). The lowest BCUT2D eigenvalue weighted by molar-refractivity contribution is -0.135. The number of epoxide rings is 1. The van der Waals surface area contributed by atoms with Gasteiger partial charge < -0.3 is 9.84 Å². The van der Waals surface area contributed by atoms with Gasteiger partial charge in [0.1, 0.15) is 6.10 Å². The van der Waals surface area contributed by atoms with Crippen molar-refractivity contribution in [3.63, 3.8) is 0 Å². The van der Waals surface area contributed by atoms with Crippen molar-refractivity contribution >= 4 is 5.78 Å². The lowest BCUT2D eigenvalue weighted by Gasteiger charge is -2.56. The molecule has 0 amide bonds. The van der Waals surface area contributed by atoms with E-state index in [9.17, 15) is 9.90 Å². The minimum Gasteiger partial charge on any atom is -0.393 e. The van der Waals surface area contributed by atoms with Crippen LogP contribution in [0.4, 0.5) is 0 Å². The first kappa shape index (κ1) is 18.3. The third kappa shape index (κ3) is 2.29. The van der Waals surface area contributed by atoms with Crippen LogP contribution in [0.3, 0.4) is 0 Å². The van der Waals surface area contributed by atoms with Crippen LogP contribution in [-0.2, 0) is 9.53 Å². The molecule has 0 bridgehead atoms. The number of ether oxygens (including phenoxy) is 1. The van der Waals surface area contributed by atoms with Gasteiger partial charge in [0, 0.05) is 5.41 Å². The number of aliphatic hydroxyl groups excluding tert-OH is 1. The second-order valence-corrected chi connectivity index (χ2v) is 10.9. The highest BCUT2D eigenvalue weighted by Crippen LogP contribution is 2.71. The summed E-state index contributed by atoms with van der Waals surface area (Å²) in [6, 6.07) is 10.3. The van der Waals surface area contributed by atoms with Crippen molar-refractivity contribution in [3.8, 4) is 0 Å². The minimum atomic E-state index is -0.566. The molecule has 3 nitrogen and oxygen atoms in total. The van der Waals surface area contributed by atoms with Crippen LogP contribution in [0, 0.1) is 28.6 Å². The maximum absolute atomic E-state index is 13.7. The molecule has 1 unspecified atom stereocenters. The van der Waals surface area contributed by atoms with Crippen LogP contribution < -0.4 is 0 Å². The molecule has 4 fully saturated rings. The van der Waals surface area contributed by atoms with Gasteiger partial charge in [-0.3, -0.25) is 4.79 Å². The normalized spacial score (nSPS) is 50.5. The first-order valence-corrected chi connectivity index (χ1v) is 11.5. The van der Waals surface area contributed by atoms with E-state index in [2.05, 4.69) is 32.1 Å². The second-order valence-electron chi connectivity index (χ2n) is 10.9. The van der Waals surface area contributed by atoms with Crippen molar-refractivity contribution in [1.82, 2.24) is 0 Å². The zero-order valence-electron chi connectivity index (χ0n) is 17.6. The van der Waals surface area contributed by atoms with E-state index >= 15 is 0 Å². The van der Waals surface area contributed by atoms with Crippen LogP contribution in [0.5, 0.6) is 0 Å². The number of rotatable bonds is 1. The summed E-state index contributed by atoms with van der Waals surface area (Å²) in [4.78, 5) is 13.7. The molecule has 4 aliphatic carbocycles. The van der Waals surface area contributed by atoms with Crippen LogP contribution in [-0.4, -0.2) is 22.6 Å². The number of ketones is 1. The molecule has 5 aliphatic rings. The van der Waals surface area contributed by atoms with Crippen molar-refractivity contribution in [1.29, 1.82) is 0 Å².